The molecule has 0 radical (unpaired) electrons. The topological polar surface area (TPSA) is 21.3 Å². The standard InChI is InChI=1S/C12H16FNO/c1-14-7-10-4-11(13)6-12(5-10)15-8-9-2-3-9/h4-6,9,14H,2-3,7-8H2,1H3. The van der Waals surface area contributed by atoms with Crippen LogP contribution in [-0.4, -0.2) is 13.7 Å². The van der Waals surface area contributed by atoms with Crippen molar-refractivity contribution in [3.05, 3.63) is 29.6 Å². The summed E-state index contributed by atoms with van der Waals surface area (Å²) in [5.41, 5.74) is 0.920. The second-order valence-electron chi connectivity index (χ2n) is 4.08. The molecule has 15 heavy (non-hydrogen) atoms. The van der Waals surface area contributed by atoms with Crippen LogP contribution >= 0.6 is 0 Å². The van der Waals surface area contributed by atoms with Crippen LogP contribution < -0.4 is 10.1 Å². The Hall–Kier alpha value is -1.09. The zero-order valence-corrected chi connectivity index (χ0v) is 8.92. The Kier molecular flexibility index (Phi) is 3.21. The minimum atomic E-state index is -0.228. The van der Waals surface area contributed by atoms with E-state index in [0.29, 0.717) is 18.2 Å². The average Bonchev–Trinajstić information content (AvgIpc) is 2.98. The van der Waals surface area contributed by atoms with Crippen molar-refractivity contribution in [2.24, 2.45) is 5.92 Å². The van der Waals surface area contributed by atoms with Crippen LogP contribution in [0, 0.1) is 11.7 Å². The number of hydrogen-bond donors (Lipinski definition) is 1. The Morgan fingerprint density at radius 1 is 1.40 bits per heavy atom. The van der Waals surface area contributed by atoms with Gasteiger partial charge in [0.25, 0.3) is 0 Å². The van der Waals surface area contributed by atoms with Gasteiger partial charge in [-0.2, -0.15) is 0 Å². The van der Waals surface area contributed by atoms with E-state index in [9.17, 15) is 4.39 Å². The minimum Gasteiger partial charge on any atom is -0.493 e. The summed E-state index contributed by atoms with van der Waals surface area (Å²) in [7, 11) is 1.84. The normalized spacial score (nSPS) is 15.3. The summed E-state index contributed by atoms with van der Waals surface area (Å²) in [6.07, 6.45) is 2.50. The van der Waals surface area contributed by atoms with E-state index >= 15 is 0 Å². The van der Waals surface area contributed by atoms with Crippen molar-refractivity contribution in [2.75, 3.05) is 13.7 Å². The molecule has 0 heterocycles. The second kappa shape index (κ2) is 4.62. The highest BCUT2D eigenvalue weighted by Gasteiger charge is 2.21. The van der Waals surface area contributed by atoms with Crippen molar-refractivity contribution in [3.63, 3.8) is 0 Å². The van der Waals surface area contributed by atoms with Crippen molar-refractivity contribution >= 4 is 0 Å². The van der Waals surface area contributed by atoms with Crippen LogP contribution in [-0.2, 0) is 6.54 Å². The van der Waals surface area contributed by atoms with E-state index < -0.39 is 0 Å². The van der Waals surface area contributed by atoms with Crippen LogP contribution in [0.15, 0.2) is 18.2 Å². The van der Waals surface area contributed by atoms with Crippen molar-refractivity contribution in [3.8, 4) is 5.75 Å². The number of hydrogen-bond acceptors (Lipinski definition) is 2. The Bertz CT molecular complexity index is 336. The second-order valence-corrected chi connectivity index (χ2v) is 4.08. The van der Waals surface area contributed by atoms with Crippen LogP contribution in [0.3, 0.4) is 0 Å². The molecule has 3 heteroatoms. The largest absolute Gasteiger partial charge is 0.493 e. The lowest BCUT2D eigenvalue weighted by Crippen LogP contribution is -2.06. The molecule has 1 aliphatic carbocycles. The van der Waals surface area contributed by atoms with Gasteiger partial charge in [-0.05, 0) is 43.5 Å². The van der Waals surface area contributed by atoms with Gasteiger partial charge in [0.2, 0.25) is 0 Å². The fourth-order valence-corrected chi connectivity index (χ4v) is 1.51. The molecule has 0 atom stereocenters. The SMILES string of the molecule is CNCc1cc(F)cc(OCC2CC2)c1. The molecule has 82 valence electrons. The number of ether oxygens (including phenoxy) is 1. The smallest absolute Gasteiger partial charge is 0.127 e. The fraction of sp³-hybridized carbons (Fsp3) is 0.500. The van der Waals surface area contributed by atoms with Gasteiger partial charge in [-0.1, -0.05) is 0 Å². The summed E-state index contributed by atoms with van der Waals surface area (Å²) in [6.45, 7) is 1.39. The Morgan fingerprint density at radius 2 is 2.20 bits per heavy atom. The van der Waals surface area contributed by atoms with Gasteiger partial charge in [-0.15, -0.1) is 0 Å². The minimum absolute atomic E-state index is 0.228. The number of benzene rings is 1. The van der Waals surface area contributed by atoms with Gasteiger partial charge >= 0.3 is 0 Å². The van der Waals surface area contributed by atoms with E-state index in [1.165, 1.54) is 25.0 Å². The first-order chi connectivity index (χ1) is 7.28. The highest BCUT2D eigenvalue weighted by Crippen LogP contribution is 2.29. The summed E-state index contributed by atoms with van der Waals surface area (Å²) in [5, 5.41) is 2.99. The molecule has 1 saturated carbocycles. The molecule has 0 saturated heterocycles. The summed E-state index contributed by atoms with van der Waals surface area (Å²) >= 11 is 0. The van der Waals surface area contributed by atoms with Gasteiger partial charge in [-0.25, -0.2) is 4.39 Å². The van der Waals surface area contributed by atoms with Crippen LogP contribution in [0.1, 0.15) is 18.4 Å². The third-order valence-corrected chi connectivity index (χ3v) is 2.49. The molecular formula is C12H16FNO. The van der Waals surface area contributed by atoms with E-state index in [0.717, 1.165) is 12.2 Å². The van der Waals surface area contributed by atoms with E-state index in [2.05, 4.69) is 5.32 Å². The molecule has 0 bridgehead atoms. The predicted octanol–water partition coefficient (Wildman–Crippen LogP) is 2.33. The number of nitrogens with one attached hydrogen (secondary N) is 1. The third-order valence-electron chi connectivity index (χ3n) is 2.49. The molecule has 0 unspecified atom stereocenters. The molecule has 0 amide bonds. The maximum Gasteiger partial charge on any atom is 0.127 e. The number of halogens is 1. The van der Waals surface area contributed by atoms with Gasteiger partial charge in [0.15, 0.2) is 0 Å². The van der Waals surface area contributed by atoms with Crippen molar-refractivity contribution in [1.29, 1.82) is 0 Å². The molecule has 1 aromatic rings. The molecule has 1 N–H and O–H groups in total. The highest BCUT2D eigenvalue weighted by molar-refractivity contribution is 5.29. The first-order valence-electron chi connectivity index (χ1n) is 5.35. The average molecular weight is 209 g/mol. The quantitative estimate of drug-likeness (QED) is 0.803. The maximum atomic E-state index is 13.2. The Balaban J connectivity index is 2.00. The molecule has 2 nitrogen and oxygen atoms in total. The van der Waals surface area contributed by atoms with Crippen LogP contribution in [0.25, 0.3) is 0 Å². The van der Waals surface area contributed by atoms with Crippen molar-refractivity contribution < 1.29 is 9.13 Å². The van der Waals surface area contributed by atoms with Crippen LogP contribution in [0.2, 0.25) is 0 Å². The first kappa shape index (κ1) is 10.4. The molecule has 2 rings (SSSR count). The van der Waals surface area contributed by atoms with E-state index in [1.807, 2.05) is 13.1 Å². The third kappa shape index (κ3) is 3.20. The molecule has 0 spiro atoms. The van der Waals surface area contributed by atoms with Crippen molar-refractivity contribution in [2.45, 2.75) is 19.4 Å². The molecule has 0 aliphatic heterocycles. The van der Waals surface area contributed by atoms with E-state index in [4.69, 9.17) is 4.74 Å². The Labute approximate surface area is 89.4 Å². The maximum absolute atomic E-state index is 13.2. The molecule has 1 fully saturated rings. The Morgan fingerprint density at radius 3 is 2.87 bits per heavy atom. The lowest BCUT2D eigenvalue weighted by molar-refractivity contribution is 0.298. The predicted molar refractivity (Wildman–Crippen MR) is 57.4 cm³/mol. The van der Waals surface area contributed by atoms with Crippen LogP contribution in [0.5, 0.6) is 5.75 Å². The van der Waals surface area contributed by atoms with Crippen LogP contribution in [0.4, 0.5) is 4.39 Å². The van der Waals surface area contributed by atoms with E-state index in [1.54, 1.807) is 0 Å². The van der Waals surface area contributed by atoms with Gasteiger partial charge < -0.3 is 10.1 Å². The van der Waals surface area contributed by atoms with Gasteiger partial charge in [0.1, 0.15) is 11.6 Å². The van der Waals surface area contributed by atoms with Gasteiger partial charge in [0, 0.05) is 12.6 Å². The van der Waals surface area contributed by atoms with Gasteiger partial charge in [-0.3, -0.25) is 0 Å². The summed E-state index contributed by atoms with van der Waals surface area (Å²) in [6, 6.07) is 4.87. The summed E-state index contributed by atoms with van der Waals surface area (Å²) < 4.78 is 18.7. The first-order valence-corrected chi connectivity index (χ1v) is 5.35. The highest BCUT2D eigenvalue weighted by atomic mass is 19.1. The molecule has 1 aliphatic rings. The molecule has 1 aromatic carbocycles. The zero-order chi connectivity index (χ0) is 10.7. The summed E-state index contributed by atoms with van der Waals surface area (Å²) in [5.74, 6) is 1.11. The molecule has 0 aromatic heterocycles. The zero-order valence-electron chi connectivity index (χ0n) is 8.92. The lowest BCUT2D eigenvalue weighted by atomic mass is 10.2. The van der Waals surface area contributed by atoms with Gasteiger partial charge in [0.05, 0.1) is 6.61 Å². The monoisotopic (exact) mass is 209 g/mol. The summed E-state index contributed by atoms with van der Waals surface area (Å²) in [4.78, 5) is 0. The van der Waals surface area contributed by atoms with Crippen molar-refractivity contribution in [1.82, 2.24) is 5.32 Å². The fourth-order valence-electron chi connectivity index (χ4n) is 1.51. The number of rotatable bonds is 5. The lowest BCUT2D eigenvalue weighted by Gasteiger charge is -2.07. The molecular weight excluding hydrogens is 193 g/mol. The van der Waals surface area contributed by atoms with E-state index in [-0.39, 0.29) is 5.82 Å².